The number of amides is 1. The fraction of sp³-hybridized carbons (Fsp3) is 0.500. The molecule has 0 aromatic carbocycles. The van der Waals surface area contributed by atoms with Crippen LogP contribution in [0.5, 0.6) is 0 Å². The van der Waals surface area contributed by atoms with E-state index in [0.29, 0.717) is 61.0 Å². The molecule has 2 saturated heterocycles. The zero-order chi connectivity index (χ0) is 18.5. The average Bonchev–Trinajstić information content (AvgIpc) is 3.18. The lowest BCUT2D eigenvalue weighted by Gasteiger charge is -2.25. The monoisotopic (exact) mass is 394 g/mol. The first-order valence-electron chi connectivity index (χ1n) is 8.12. The molecule has 2 aliphatic heterocycles. The zero-order valence-corrected chi connectivity index (χ0v) is 15.9. The van der Waals surface area contributed by atoms with Gasteiger partial charge in [0, 0.05) is 39.4 Å². The van der Waals surface area contributed by atoms with Crippen molar-refractivity contribution in [2.45, 2.75) is 6.42 Å². The Morgan fingerprint density at radius 1 is 1.46 bits per heavy atom. The number of carbonyl (C=O) groups is 1. The molecule has 3 heterocycles. The van der Waals surface area contributed by atoms with Gasteiger partial charge in [-0.15, -0.1) is 0 Å². The number of thiocarbonyl (C=S) groups is 1. The highest BCUT2D eigenvalue weighted by atomic mass is 32.2. The molecule has 138 valence electrons. The van der Waals surface area contributed by atoms with E-state index < -0.39 is 0 Å². The Balaban J connectivity index is 1.77. The number of ether oxygens (including phenoxy) is 2. The summed E-state index contributed by atoms with van der Waals surface area (Å²) in [4.78, 5) is 20.6. The van der Waals surface area contributed by atoms with E-state index in [1.807, 2.05) is 11.0 Å². The van der Waals surface area contributed by atoms with Gasteiger partial charge in [0.15, 0.2) is 0 Å². The fourth-order valence-electron chi connectivity index (χ4n) is 2.62. The molecule has 1 aromatic rings. The minimum atomic E-state index is -0.180. The number of hydrogen-bond acceptors (Lipinski definition) is 9. The summed E-state index contributed by atoms with van der Waals surface area (Å²) in [6.07, 6.45) is 2.25. The standard InChI is InChI=1S/C16H18N4O4S2/c1-22-6-2-3-20-14(21)12(26-16(20)25)9-13-18-11(10-17)15(24-13)19-4-7-23-8-5-19/h9H,2-8H2,1H3/b12-9+. The van der Waals surface area contributed by atoms with E-state index in [9.17, 15) is 10.1 Å². The predicted molar refractivity (Wildman–Crippen MR) is 101 cm³/mol. The number of oxazole rings is 1. The number of rotatable bonds is 6. The van der Waals surface area contributed by atoms with Crippen molar-refractivity contribution in [3.63, 3.8) is 0 Å². The highest BCUT2D eigenvalue weighted by Gasteiger charge is 2.32. The van der Waals surface area contributed by atoms with Crippen LogP contribution in [0.1, 0.15) is 18.0 Å². The summed E-state index contributed by atoms with van der Waals surface area (Å²) in [6.45, 7) is 3.46. The summed E-state index contributed by atoms with van der Waals surface area (Å²) < 4.78 is 16.6. The van der Waals surface area contributed by atoms with Crippen LogP contribution in [0.4, 0.5) is 5.88 Å². The first-order chi connectivity index (χ1) is 12.6. The van der Waals surface area contributed by atoms with Crippen LogP contribution in [-0.2, 0) is 14.3 Å². The van der Waals surface area contributed by atoms with Crippen molar-refractivity contribution < 1.29 is 18.7 Å². The van der Waals surface area contributed by atoms with E-state index >= 15 is 0 Å². The van der Waals surface area contributed by atoms with Gasteiger partial charge in [-0.2, -0.15) is 10.2 Å². The molecule has 0 atom stereocenters. The van der Waals surface area contributed by atoms with Crippen molar-refractivity contribution in [1.29, 1.82) is 5.26 Å². The van der Waals surface area contributed by atoms with Crippen LogP contribution in [0.3, 0.4) is 0 Å². The number of hydrogen-bond donors (Lipinski definition) is 0. The highest BCUT2D eigenvalue weighted by molar-refractivity contribution is 8.26. The molecule has 1 aromatic heterocycles. The third-order valence-electron chi connectivity index (χ3n) is 3.89. The lowest BCUT2D eigenvalue weighted by molar-refractivity contribution is -0.122. The van der Waals surface area contributed by atoms with E-state index in [0.717, 1.165) is 0 Å². The fourth-order valence-corrected chi connectivity index (χ4v) is 3.89. The third kappa shape index (κ3) is 4.07. The molecule has 2 aliphatic rings. The zero-order valence-electron chi connectivity index (χ0n) is 14.3. The summed E-state index contributed by atoms with van der Waals surface area (Å²) in [5.41, 5.74) is 0.203. The molecule has 1 amide bonds. The van der Waals surface area contributed by atoms with Crippen molar-refractivity contribution in [2.75, 3.05) is 51.5 Å². The second kappa shape index (κ2) is 8.64. The van der Waals surface area contributed by atoms with Gasteiger partial charge >= 0.3 is 0 Å². The van der Waals surface area contributed by atoms with Gasteiger partial charge in [-0.3, -0.25) is 9.69 Å². The van der Waals surface area contributed by atoms with Crippen LogP contribution in [0.15, 0.2) is 9.32 Å². The summed E-state index contributed by atoms with van der Waals surface area (Å²) in [6, 6.07) is 2.04. The summed E-state index contributed by atoms with van der Waals surface area (Å²) in [7, 11) is 1.62. The lowest BCUT2D eigenvalue weighted by atomic mass is 10.3. The van der Waals surface area contributed by atoms with Crippen molar-refractivity contribution in [1.82, 2.24) is 9.88 Å². The van der Waals surface area contributed by atoms with Crippen LogP contribution in [0.25, 0.3) is 6.08 Å². The Hall–Kier alpha value is -1.93. The van der Waals surface area contributed by atoms with Crippen molar-refractivity contribution in [3.05, 3.63) is 16.5 Å². The quantitative estimate of drug-likeness (QED) is 0.405. The molecule has 0 spiro atoms. The van der Waals surface area contributed by atoms with Crippen LogP contribution in [0.2, 0.25) is 0 Å². The van der Waals surface area contributed by atoms with Crippen molar-refractivity contribution in [2.24, 2.45) is 0 Å². The number of nitrogens with zero attached hydrogens (tertiary/aromatic N) is 4. The van der Waals surface area contributed by atoms with Gasteiger partial charge in [0.25, 0.3) is 5.91 Å². The van der Waals surface area contributed by atoms with Gasteiger partial charge in [-0.25, -0.2) is 0 Å². The van der Waals surface area contributed by atoms with E-state index in [2.05, 4.69) is 4.98 Å². The molecule has 8 nitrogen and oxygen atoms in total. The molecule has 26 heavy (non-hydrogen) atoms. The van der Waals surface area contributed by atoms with Crippen molar-refractivity contribution >= 4 is 46.2 Å². The number of carbonyl (C=O) groups excluding carboxylic acids is 1. The minimum Gasteiger partial charge on any atom is -0.420 e. The molecule has 0 aliphatic carbocycles. The van der Waals surface area contributed by atoms with Crippen LogP contribution < -0.4 is 4.90 Å². The Morgan fingerprint density at radius 2 is 2.23 bits per heavy atom. The SMILES string of the molecule is COCCCN1C(=O)/C(=C\c2nc(C#N)c(N3CCOCC3)o2)SC1=S. The first kappa shape index (κ1) is 18.8. The number of anilines is 1. The average molecular weight is 394 g/mol. The van der Waals surface area contributed by atoms with Gasteiger partial charge in [-0.05, 0) is 6.42 Å². The van der Waals surface area contributed by atoms with Crippen LogP contribution in [-0.4, -0.2) is 66.7 Å². The summed E-state index contributed by atoms with van der Waals surface area (Å²) >= 11 is 6.48. The Labute approximate surface area is 160 Å². The van der Waals surface area contributed by atoms with Gasteiger partial charge in [0.1, 0.15) is 10.4 Å². The second-order valence-corrected chi connectivity index (χ2v) is 7.27. The van der Waals surface area contributed by atoms with E-state index in [-0.39, 0.29) is 17.5 Å². The minimum absolute atomic E-state index is 0.180. The predicted octanol–water partition coefficient (Wildman–Crippen LogP) is 1.62. The van der Waals surface area contributed by atoms with Gasteiger partial charge in [-0.1, -0.05) is 24.0 Å². The molecular formula is C16H18N4O4S2. The second-order valence-electron chi connectivity index (χ2n) is 5.60. The largest absolute Gasteiger partial charge is 0.420 e. The van der Waals surface area contributed by atoms with Gasteiger partial charge < -0.3 is 18.8 Å². The summed E-state index contributed by atoms with van der Waals surface area (Å²) in [5, 5.41) is 9.32. The van der Waals surface area contributed by atoms with Crippen LogP contribution >= 0.6 is 24.0 Å². The smallest absolute Gasteiger partial charge is 0.266 e. The number of methoxy groups -OCH3 is 1. The maximum absolute atomic E-state index is 12.5. The maximum atomic E-state index is 12.5. The topological polar surface area (TPSA) is 91.8 Å². The summed E-state index contributed by atoms with van der Waals surface area (Å²) in [5.74, 6) is 0.457. The molecule has 0 saturated carbocycles. The molecule has 0 unspecified atom stereocenters. The molecule has 3 rings (SSSR count). The Morgan fingerprint density at radius 3 is 2.92 bits per heavy atom. The molecular weight excluding hydrogens is 376 g/mol. The van der Waals surface area contributed by atoms with Crippen LogP contribution in [0, 0.1) is 11.3 Å². The normalized spacial score (nSPS) is 19.5. The molecule has 0 bridgehead atoms. The highest BCUT2D eigenvalue weighted by Crippen LogP contribution is 2.33. The van der Waals surface area contributed by atoms with E-state index in [1.54, 1.807) is 18.1 Å². The number of morpholine rings is 1. The number of nitriles is 1. The van der Waals surface area contributed by atoms with Gasteiger partial charge in [0.2, 0.25) is 17.5 Å². The van der Waals surface area contributed by atoms with Gasteiger partial charge in [0.05, 0.1) is 18.1 Å². The number of thioether (sulfide) groups is 1. The maximum Gasteiger partial charge on any atom is 0.266 e. The van der Waals surface area contributed by atoms with E-state index in [1.165, 1.54) is 11.8 Å². The molecule has 10 heteroatoms. The first-order valence-corrected chi connectivity index (χ1v) is 9.34. The Kier molecular flexibility index (Phi) is 6.26. The molecule has 0 radical (unpaired) electrons. The van der Waals surface area contributed by atoms with E-state index in [4.69, 9.17) is 26.1 Å². The number of aromatic nitrogens is 1. The molecule has 0 N–H and O–H groups in total. The lowest BCUT2D eigenvalue weighted by Crippen LogP contribution is -2.36. The third-order valence-corrected chi connectivity index (χ3v) is 5.27. The molecule has 2 fully saturated rings. The Bertz CT molecular complexity index is 765. The van der Waals surface area contributed by atoms with Crippen molar-refractivity contribution in [3.8, 4) is 6.07 Å².